The Balaban J connectivity index is 2.04. The molecule has 0 spiro atoms. The quantitative estimate of drug-likeness (QED) is 0.788. The van der Waals surface area contributed by atoms with E-state index in [1.54, 1.807) is 47.6 Å². The molecule has 88 valence electrons. The number of benzene rings is 1. The molecule has 0 saturated heterocycles. The summed E-state index contributed by atoms with van der Waals surface area (Å²) in [6.07, 6.45) is 5.02. The maximum absolute atomic E-state index is 11.9. The van der Waals surface area contributed by atoms with Crippen LogP contribution < -0.4 is 11.1 Å². The van der Waals surface area contributed by atoms with E-state index in [9.17, 15) is 4.79 Å². The average Bonchev–Trinajstić information content (AvgIpc) is 2.84. The number of nitrogen functional groups attached to an aromatic ring is 1. The smallest absolute Gasteiger partial charge is 0.247 e. The molecule has 2 rings (SSSR count). The Bertz CT molecular complexity index is 490. The van der Waals surface area contributed by atoms with Crippen LogP contribution in [-0.2, 0) is 4.79 Å². The fourth-order valence-corrected chi connectivity index (χ4v) is 1.45. The van der Waals surface area contributed by atoms with E-state index in [1.165, 1.54) is 0 Å². The summed E-state index contributed by atoms with van der Waals surface area (Å²) < 4.78 is 1.74. The minimum atomic E-state index is -0.296. The second-order valence-corrected chi connectivity index (χ2v) is 3.80. The van der Waals surface area contributed by atoms with Crippen LogP contribution in [0.25, 0.3) is 0 Å². The van der Waals surface area contributed by atoms with Gasteiger partial charge in [0.25, 0.3) is 0 Å². The van der Waals surface area contributed by atoms with Gasteiger partial charge in [0.1, 0.15) is 6.04 Å². The standard InChI is InChI=1S/C12H14N4O/c1-9(16-7-6-14-8-16)12(17)15-11-4-2-10(13)3-5-11/h2-9H,13H2,1H3,(H,15,17). The highest BCUT2D eigenvalue weighted by atomic mass is 16.2. The monoisotopic (exact) mass is 230 g/mol. The number of nitrogens with zero attached hydrogens (tertiary/aromatic N) is 2. The van der Waals surface area contributed by atoms with Gasteiger partial charge >= 0.3 is 0 Å². The molecule has 1 unspecified atom stereocenters. The molecule has 1 aromatic carbocycles. The number of aromatic nitrogens is 2. The highest BCUT2D eigenvalue weighted by Gasteiger charge is 2.13. The van der Waals surface area contributed by atoms with E-state index in [1.807, 2.05) is 6.92 Å². The first-order chi connectivity index (χ1) is 8.16. The van der Waals surface area contributed by atoms with Gasteiger partial charge in [-0.3, -0.25) is 4.79 Å². The van der Waals surface area contributed by atoms with Crippen LogP contribution in [0.2, 0.25) is 0 Å². The topological polar surface area (TPSA) is 72.9 Å². The molecule has 0 aliphatic rings. The summed E-state index contributed by atoms with van der Waals surface area (Å²) >= 11 is 0. The zero-order chi connectivity index (χ0) is 12.3. The maximum atomic E-state index is 11.9. The fourth-order valence-electron chi connectivity index (χ4n) is 1.45. The molecule has 0 bridgehead atoms. The predicted molar refractivity (Wildman–Crippen MR) is 66.4 cm³/mol. The zero-order valence-electron chi connectivity index (χ0n) is 9.50. The SMILES string of the molecule is CC(C(=O)Nc1ccc(N)cc1)n1ccnc1. The number of hydrogen-bond donors (Lipinski definition) is 2. The van der Waals surface area contributed by atoms with E-state index in [-0.39, 0.29) is 11.9 Å². The van der Waals surface area contributed by atoms with Gasteiger partial charge in [-0.25, -0.2) is 4.98 Å². The van der Waals surface area contributed by atoms with Crippen LogP contribution >= 0.6 is 0 Å². The maximum Gasteiger partial charge on any atom is 0.247 e. The van der Waals surface area contributed by atoms with Crippen molar-refractivity contribution in [2.24, 2.45) is 0 Å². The Morgan fingerprint density at radius 1 is 1.41 bits per heavy atom. The van der Waals surface area contributed by atoms with Crippen molar-refractivity contribution >= 4 is 17.3 Å². The number of nitrogens with one attached hydrogen (secondary N) is 1. The Morgan fingerprint density at radius 2 is 2.12 bits per heavy atom. The van der Waals surface area contributed by atoms with Gasteiger partial charge in [0.05, 0.1) is 6.33 Å². The number of anilines is 2. The van der Waals surface area contributed by atoms with Crippen molar-refractivity contribution in [3.63, 3.8) is 0 Å². The molecule has 5 nitrogen and oxygen atoms in total. The number of carbonyl (C=O) groups is 1. The normalized spacial score (nSPS) is 12.1. The van der Waals surface area contributed by atoms with E-state index in [0.717, 1.165) is 5.69 Å². The third-order valence-electron chi connectivity index (χ3n) is 2.53. The van der Waals surface area contributed by atoms with Crippen molar-refractivity contribution in [2.45, 2.75) is 13.0 Å². The van der Waals surface area contributed by atoms with Crippen molar-refractivity contribution in [1.82, 2.24) is 9.55 Å². The number of nitrogens with two attached hydrogens (primary N) is 1. The van der Waals surface area contributed by atoms with E-state index in [4.69, 9.17) is 5.73 Å². The van der Waals surface area contributed by atoms with Crippen LogP contribution in [0, 0.1) is 0 Å². The van der Waals surface area contributed by atoms with Gasteiger partial charge < -0.3 is 15.6 Å². The minimum absolute atomic E-state index is 0.0900. The Hall–Kier alpha value is -2.30. The van der Waals surface area contributed by atoms with Gasteiger partial charge in [-0.05, 0) is 31.2 Å². The largest absolute Gasteiger partial charge is 0.399 e. The number of carbonyl (C=O) groups excluding carboxylic acids is 1. The molecule has 0 aliphatic carbocycles. The lowest BCUT2D eigenvalue weighted by atomic mass is 10.2. The lowest BCUT2D eigenvalue weighted by Gasteiger charge is -2.13. The first-order valence-electron chi connectivity index (χ1n) is 5.30. The summed E-state index contributed by atoms with van der Waals surface area (Å²) in [4.78, 5) is 15.8. The summed E-state index contributed by atoms with van der Waals surface area (Å²) in [5.74, 6) is -0.0900. The summed E-state index contributed by atoms with van der Waals surface area (Å²) in [5.41, 5.74) is 6.97. The minimum Gasteiger partial charge on any atom is -0.399 e. The first-order valence-corrected chi connectivity index (χ1v) is 5.30. The van der Waals surface area contributed by atoms with Gasteiger partial charge in [0, 0.05) is 23.8 Å². The van der Waals surface area contributed by atoms with E-state index >= 15 is 0 Å². The molecule has 0 fully saturated rings. The number of imidazole rings is 1. The van der Waals surface area contributed by atoms with Crippen LogP contribution in [0.1, 0.15) is 13.0 Å². The molecular formula is C12H14N4O. The average molecular weight is 230 g/mol. The third-order valence-corrected chi connectivity index (χ3v) is 2.53. The lowest BCUT2D eigenvalue weighted by molar-refractivity contribution is -0.118. The van der Waals surface area contributed by atoms with Crippen LogP contribution in [0.4, 0.5) is 11.4 Å². The van der Waals surface area contributed by atoms with Gasteiger partial charge in [-0.15, -0.1) is 0 Å². The molecule has 0 aliphatic heterocycles. The third kappa shape index (κ3) is 2.63. The van der Waals surface area contributed by atoms with Crippen LogP contribution in [-0.4, -0.2) is 15.5 Å². The Labute approximate surface area is 99.3 Å². The van der Waals surface area contributed by atoms with Gasteiger partial charge in [-0.2, -0.15) is 0 Å². The Kier molecular flexibility index (Phi) is 3.09. The molecule has 17 heavy (non-hydrogen) atoms. The number of amides is 1. The zero-order valence-corrected chi connectivity index (χ0v) is 9.50. The van der Waals surface area contributed by atoms with Crippen molar-refractivity contribution in [2.75, 3.05) is 11.1 Å². The first kappa shape index (κ1) is 11.2. The van der Waals surface area contributed by atoms with Crippen molar-refractivity contribution in [1.29, 1.82) is 0 Å². The molecule has 3 N–H and O–H groups in total. The highest BCUT2D eigenvalue weighted by molar-refractivity contribution is 5.93. The molecule has 2 aromatic rings. The van der Waals surface area contributed by atoms with Crippen LogP contribution in [0.5, 0.6) is 0 Å². The van der Waals surface area contributed by atoms with Gasteiger partial charge in [0.15, 0.2) is 0 Å². The summed E-state index contributed by atoms with van der Waals surface area (Å²) in [6.45, 7) is 1.81. The molecule has 5 heteroatoms. The Morgan fingerprint density at radius 3 is 2.71 bits per heavy atom. The van der Waals surface area contributed by atoms with E-state index < -0.39 is 0 Å². The molecule has 1 amide bonds. The lowest BCUT2D eigenvalue weighted by Crippen LogP contribution is -2.22. The van der Waals surface area contributed by atoms with Crippen molar-refractivity contribution < 1.29 is 4.79 Å². The molecular weight excluding hydrogens is 216 g/mol. The predicted octanol–water partition coefficient (Wildman–Crippen LogP) is 1.66. The number of hydrogen-bond acceptors (Lipinski definition) is 3. The van der Waals surface area contributed by atoms with E-state index in [2.05, 4.69) is 10.3 Å². The summed E-state index contributed by atoms with van der Waals surface area (Å²) in [7, 11) is 0. The molecule has 0 radical (unpaired) electrons. The molecule has 0 saturated carbocycles. The number of rotatable bonds is 3. The van der Waals surface area contributed by atoms with Gasteiger partial charge in [0.2, 0.25) is 5.91 Å². The highest BCUT2D eigenvalue weighted by Crippen LogP contribution is 2.13. The fraction of sp³-hybridized carbons (Fsp3) is 0.167. The van der Waals surface area contributed by atoms with Gasteiger partial charge in [-0.1, -0.05) is 0 Å². The summed E-state index contributed by atoms with van der Waals surface area (Å²) in [5, 5.41) is 2.81. The molecule has 1 heterocycles. The van der Waals surface area contributed by atoms with Crippen molar-refractivity contribution in [3.05, 3.63) is 43.0 Å². The van der Waals surface area contributed by atoms with E-state index in [0.29, 0.717) is 5.69 Å². The van der Waals surface area contributed by atoms with Crippen molar-refractivity contribution in [3.8, 4) is 0 Å². The molecule has 1 aromatic heterocycles. The second-order valence-electron chi connectivity index (χ2n) is 3.80. The molecule has 1 atom stereocenters. The second kappa shape index (κ2) is 4.69. The van der Waals surface area contributed by atoms with Crippen LogP contribution in [0.15, 0.2) is 43.0 Å². The van der Waals surface area contributed by atoms with Crippen LogP contribution in [0.3, 0.4) is 0 Å². The summed E-state index contributed by atoms with van der Waals surface area (Å²) in [6, 6.07) is 6.74.